The highest BCUT2D eigenvalue weighted by molar-refractivity contribution is 8.76. The highest BCUT2D eigenvalue weighted by atomic mass is 33.1. The molecular formula is C14H21NO6S2. The minimum Gasteiger partial charge on any atom is -0.478 e. The largest absolute Gasteiger partial charge is 0.478 e. The normalized spacial score (nSPS) is 23.7. The Morgan fingerprint density at radius 3 is 2.74 bits per heavy atom. The second-order valence-electron chi connectivity index (χ2n) is 4.68. The van der Waals surface area contributed by atoms with Crippen LogP contribution in [0.1, 0.15) is 16.8 Å². The Balaban J connectivity index is 0.00000127. The first-order valence-corrected chi connectivity index (χ1v) is 9.15. The molecular weight excluding hydrogens is 342 g/mol. The van der Waals surface area contributed by atoms with Crippen molar-refractivity contribution in [2.45, 2.75) is 29.6 Å². The summed E-state index contributed by atoms with van der Waals surface area (Å²) < 4.78 is 5.42. The third-order valence-corrected chi connectivity index (χ3v) is 5.53. The number of carbonyl (C=O) groups is 1. The number of nitrogen functional groups attached to an aromatic ring is 1. The van der Waals surface area contributed by atoms with E-state index in [9.17, 15) is 15.0 Å². The van der Waals surface area contributed by atoms with Crippen LogP contribution in [0, 0.1) is 0 Å². The van der Waals surface area contributed by atoms with Gasteiger partial charge in [0.25, 0.3) is 0 Å². The fourth-order valence-corrected chi connectivity index (χ4v) is 4.19. The standard InChI is InChI=1S/C13H17NO5S2.CH4O/c14-9-2-1-7(5-8(9)13(17)18)21-20-6-11-12(16)10(15)3-4-19-11;1-2/h1-2,5,10-12,15-16H,3-4,6,14H2,(H,17,18);2H,1H3/t10-,11-,12-;/m1./s1. The van der Waals surface area contributed by atoms with E-state index in [4.69, 9.17) is 20.7 Å². The van der Waals surface area contributed by atoms with Crippen LogP contribution in [0.15, 0.2) is 23.1 Å². The average Bonchev–Trinajstić information content (AvgIpc) is 2.54. The molecule has 0 aromatic heterocycles. The molecule has 0 aliphatic carbocycles. The zero-order valence-corrected chi connectivity index (χ0v) is 14.2. The summed E-state index contributed by atoms with van der Waals surface area (Å²) in [6.45, 7) is 0.430. The van der Waals surface area contributed by atoms with Crippen molar-refractivity contribution in [1.82, 2.24) is 0 Å². The van der Waals surface area contributed by atoms with Gasteiger partial charge in [0, 0.05) is 30.1 Å². The van der Waals surface area contributed by atoms with Gasteiger partial charge >= 0.3 is 5.97 Å². The van der Waals surface area contributed by atoms with Crippen LogP contribution in [-0.2, 0) is 4.74 Å². The molecule has 9 heteroatoms. The van der Waals surface area contributed by atoms with Gasteiger partial charge < -0.3 is 30.9 Å². The quantitative estimate of drug-likeness (QED) is 0.381. The van der Waals surface area contributed by atoms with Gasteiger partial charge in [-0.2, -0.15) is 0 Å². The number of rotatable bonds is 5. The van der Waals surface area contributed by atoms with Gasteiger partial charge in [-0.25, -0.2) is 4.79 Å². The third kappa shape index (κ3) is 5.87. The minimum absolute atomic E-state index is 0.0740. The van der Waals surface area contributed by atoms with Crippen molar-refractivity contribution in [3.63, 3.8) is 0 Å². The number of aliphatic hydroxyl groups excluding tert-OH is 3. The number of hydrogen-bond acceptors (Lipinski definition) is 8. The summed E-state index contributed by atoms with van der Waals surface area (Å²) in [5.74, 6) is -0.565. The Morgan fingerprint density at radius 2 is 2.09 bits per heavy atom. The molecule has 0 spiro atoms. The molecule has 130 valence electrons. The lowest BCUT2D eigenvalue weighted by atomic mass is 10.0. The summed E-state index contributed by atoms with van der Waals surface area (Å²) in [5.41, 5.74) is 5.89. The van der Waals surface area contributed by atoms with E-state index in [0.29, 0.717) is 18.8 Å². The molecule has 1 aromatic rings. The molecule has 0 saturated carbocycles. The molecule has 1 aliphatic heterocycles. The SMILES string of the molecule is CO.Nc1ccc(SSC[C@H]2OCC[C@@H](O)[C@H]2O)cc1C(=O)O. The van der Waals surface area contributed by atoms with E-state index in [1.807, 2.05) is 0 Å². The number of aromatic carboxylic acids is 1. The fourth-order valence-electron chi connectivity index (χ4n) is 1.95. The smallest absolute Gasteiger partial charge is 0.337 e. The monoisotopic (exact) mass is 363 g/mol. The van der Waals surface area contributed by atoms with Crippen molar-refractivity contribution in [2.24, 2.45) is 0 Å². The molecule has 7 nitrogen and oxygen atoms in total. The summed E-state index contributed by atoms with van der Waals surface area (Å²) in [6, 6.07) is 4.82. The predicted octanol–water partition coefficient (Wildman–Crippen LogP) is 0.826. The van der Waals surface area contributed by atoms with E-state index in [1.54, 1.807) is 12.1 Å². The molecule has 6 N–H and O–H groups in total. The molecule has 3 atom stereocenters. The number of nitrogens with two attached hydrogens (primary N) is 1. The highest BCUT2D eigenvalue weighted by Gasteiger charge is 2.31. The molecule has 1 aliphatic rings. The van der Waals surface area contributed by atoms with Gasteiger partial charge in [0.05, 0.1) is 17.8 Å². The van der Waals surface area contributed by atoms with Crippen LogP contribution < -0.4 is 5.73 Å². The van der Waals surface area contributed by atoms with Gasteiger partial charge in [0.2, 0.25) is 0 Å². The Bertz CT molecular complexity index is 516. The van der Waals surface area contributed by atoms with E-state index >= 15 is 0 Å². The van der Waals surface area contributed by atoms with Gasteiger partial charge in [-0.3, -0.25) is 0 Å². The first-order valence-electron chi connectivity index (χ1n) is 6.84. The van der Waals surface area contributed by atoms with E-state index in [0.717, 1.165) is 12.0 Å². The number of carboxylic acids is 1. The van der Waals surface area contributed by atoms with Gasteiger partial charge in [-0.1, -0.05) is 21.6 Å². The van der Waals surface area contributed by atoms with Gasteiger partial charge in [0.1, 0.15) is 6.10 Å². The molecule has 0 amide bonds. The van der Waals surface area contributed by atoms with E-state index in [1.165, 1.54) is 27.7 Å². The Hall–Kier alpha value is -0.970. The Kier molecular flexibility index (Phi) is 8.74. The summed E-state index contributed by atoms with van der Waals surface area (Å²) >= 11 is 0. The second-order valence-corrected chi connectivity index (χ2v) is 7.09. The predicted molar refractivity (Wildman–Crippen MR) is 90.6 cm³/mol. The summed E-state index contributed by atoms with van der Waals surface area (Å²) in [5, 5.41) is 35.4. The van der Waals surface area contributed by atoms with Crippen LogP contribution >= 0.6 is 21.6 Å². The second kappa shape index (κ2) is 10.0. The van der Waals surface area contributed by atoms with Crippen LogP contribution in [0.4, 0.5) is 5.69 Å². The third-order valence-electron chi connectivity index (χ3n) is 3.16. The van der Waals surface area contributed by atoms with Crippen LogP contribution in [0.2, 0.25) is 0 Å². The van der Waals surface area contributed by atoms with E-state index in [2.05, 4.69) is 0 Å². The number of hydrogen-bond donors (Lipinski definition) is 5. The molecule has 1 aromatic carbocycles. The number of ether oxygens (including phenoxy) is 1. The topological polar surface area (TPSA) is 133 Å². The fraction of sp³-hybridized carbons (Fsp3) is 0.500. The van der Waals surface area contributed by atoms with Crippen molar-refractivity contribution in [3.8, 4) is 0 Å². The molecule has 2 rings (SSSR count). The maximum Gasteiger partial charge on any atom is 0.337 e. The van der Waals surface area contributed by atoms with Crippen molar-refractivity contribution >= 4 is 33.2 Å². The molecule has 1 fully saturated rings. The van der Waals surface area contributed by atoms with Crippen LogP contribution in [0.3, 0.4) is 0 Å². The summed E-state index contributed by atoms with van der Waals surface area (Å²) in [7, 11) is 3.81. The maximum absolute atomic E-state index is 11.0. The molecule has 0 radical (unpaired) electrons. The number of benzene rings is 1. The maximum atomic E-state index is 11.0. The van der Waals surface area contributed by atoms with Crippen molar-refractivity contribution in [3.05, 3.63) is 23.8 Å². The lowest BCUT2D eigenvalue weighted by Crippen LogP contribution is -2.45. The lowest BCUT2D eigenvalue weighted by Gasteiger charge is -2.31. The van der Waals surface area contributed by atoms with Crippen molar-refractivity contribution in [1.29, 1.82) is 0 Å². The van der Waals surface area contributed by atoms with Gasteiger partial charge in [-0.05, 0) is 24.6 Å². The summed E-state index contributed by atoms with van der Waals surface area (Å²) in [6.07, 6.45) is -1.61. The van der Waals surface area contributed by atoms with Crippen LogP contribution in [-0.4, -0.2) is 64.2 Å². The molecule has 0 bridgehead atoms. The summed E-state index contributed by atoms with van der Waals surface area (Å²) in [4.78, 5) is 11.8. The Labute approximate surface area is 142 Å². The number of aliphatic hydroxyl groups is 3. The molecule has 1 saturated heterocycles. The highest BCUT2D eigenvalue weighted by Crippen LogP contribution is 2.34. The zero-order valence-electron chi connectivity index (χ0n) is 12.6. The Morgan fingerprint density at radius 1 is 1.39 bits per heavy atom. The first kappa shape index (κ1) is 20.1. The van der Waals surface area contributed by atoms with Gasteiger partial charge in [0.15, 0.2) is 0 Å². The van der Waals surface area contributed by atoms with Crippen LogP contribution in [0.25, 0.3) is 0 Å². The molecule has 0 unspecified atom stereocenters. The lowest BCUT2D eigenvalue weighted by molar-refractivity contribution is -0.125. The van der Waals surface area contributed by atoms with E-state index < -0.39 is 24.3 Å². The number of carboxylic acid groups (broad SMARTS) is 1. The van der Waals surface area contributed by atoms with Crippen molar-refractivity contribution < 1.29 is 30.0 Å². The molecule has 23 heavy (non-hydrogen) atoms. The average molecular weight is 363 g/mol. The van der Waals surface area contributed by atoms with Crippen molar-refractivity contribution in [2.75, 3.05) is 25.2 Å². The minimum atomic E-state index is -1.06. The first-order chi connectivity index (χ1) is 11.0. The van der Waals surface area contributed by atoms with Gasteiger partial charge in [-0.15, -0.1) is 0 Å². The van der Waals surface area contributed by atoms with Crippen LogP contribution in [0.5, 0.6) is 0 Å². The number of anilines is 1. The molecule has 1 heterocycles. The van der Waals surface area contributed by atoms with E-state index in [-0.39, 0.29) is 11.3 Å². The zero-order chi connectivity index (χ0) is 17.4.